The summed E-state index contributed by atoms with van der Waals surface area (Å²) in [7, 11) is 0. The van der Waals surface area contributed by atoms with Crippen molar-refractivity contribution in [1.82, 2.24) is 14.9 Å². The lowest BCUT2D eigenvalue weighted by Crippen LogP contribution is -2.17. The van der Waals surface area contributed by atoms with Crippen LogP contribution in [-0.4, -0.2) is 28.4 Å². The average Bonchev–Trinajstić information content (AvgIpc) is 2.85. The number of benzene rings is 1. The molecule has 0 radical (unpaired) electrons. The molecular weight excluding hydrogens is 363 g/mol. The van der Waals surface area contributed by atoms with Crippen molar-refractivity contribution in [2.45, 2.75) is 25.0 Å². The van der Waals surface area contributed by atoms with Gasteiger partial charge < -0.3 is 9.88 Å². The zero-order valence-electron chi connectivity index (χ0n) is 12.8. The summed E-state index contributed by atoms with van der Waals surface area (Å²) in [6.45, 7) is 4.47. The van der Waals surface area contributed by atoms with Crippen LogP contribution in [0.4, 0.5) is 8.78 Å². The maximum absolute atomic E-state index is 13.2. The molecule has 0 aliphatic rings. The minimum atomic E-state index is -0.553. The van der Waals surface area contributed by atoms with Crippen LogP contribution in [0.5, 0.6) is 0 Å². The number of hydrogen-bond acceptors (Lipinski definition) is 3. The highest BCUT2D eigenvalue weighted by atomic mass is 35.5. The fourth-order valence-electron chi connectivity index (χ4n) is 1.97. The highest BCUT2D eigenvalue weighted by molar-refractivity contribution is 7.99. The molecule has 1 N–H and O–H groups in total. The van der Waals surface area contributed by atoms with Gasteiger partial charge in [0, 0.05) is 37.3 Å². The fourth-order valence-corrected chi connectivity index (χ4v) is 2.83. The van der Waals surface area contributed by atoms with Gasteiger partial charge in [0.15, 0.2) is 5.16 Å². The Kier molecular flexibility index (Phi) is 11.3. The van der Waals surface area contributed by atoms with E-state index in [2.05, 4.69) is 17.2 Å². The molecule has 23 heavy (non-hydrogen) atoms. The molecule has 0 atom stereocenters. The maximum atomic E-state index is 13.2. The number of nitrogens with one attached hydrogen (secondary N) is 1. The molecule has 1 heterocycles. The normalized spacial score (nSPS) is 10.0. The van der Waals surface area contributed by atoms with Gasteiger partial charge in [-0.3, -0.25) is 0 Å². The summed E-state index contributed by atoms with van der Waals surface area (Å²) in [6.07, 6.45) is 4.65. The molecule has 0 unspecified atom stereocenters. The van der Waals surface area contributed by atoms with E-state index in [0.29, 0.717) is 12.1 Å². The van der Waals surface area contributed by atoms with Gasteiger partial charge in [0.05, 0.1) is 0 Å². The van der Waals surface area contributed by atoms with Crippen LogP contribution in [0.15, 0.2) is 35.7 Å². The van der Waals surface area contributed by atoms with Crippen molar-refractivity contribution in [3.05, 3.63) is 47.8 Å². The second-order valence-electron chi connectivity index (χ2n) is 4.71. The Morgan fingerprint density at radius 2 is 1.83 bits per heavy atom. The molecule has 2 rings (SSSR count). The molecule has 0 saturated carbocycles. The minimum Gasteiger partial charge on any atom is -0.322 e. The molecule has 2 aromatic rings. The van der Waals surface area contributed by atoms with Gasteiger partial charge in [0.25, 0.3) is 0 Å². The molecule has 0 bridgehead atoms. The highest BCUT2D eigenvalue weighted by Gasteiger charge is 2.06. The first kappa shape index (κ1) is 22.2. The lowest BCUT2D eigenvalue weighted by atomic mass is 10.2. The Morgan fingerprint density at radius 1 is 1.13 bits per heavy atom. The first-order valence-electron chi connectivity index (χ1n) is 6.98. The molecule has 8 heteroatoms. The molecule has 0 aliphatic heterocycles. The first-order chi connectivity index (χ1) is 10.2. The Bertz CT molecular complexity index is 561. The summed E-state index contributed by atoms with van der Waals surface area (Å²) in [5, 5.41) is 4.18. The van der Waals surface area contributed by atoms with Crippen LogP contribution in [-0.2, 0) is 6.54 Å². The zero-order chi connectivity index (χ0) is 15.1. The molecule has 0 aliphatic carbocycles. The molecule has 1 aromatic carbocycles. The standard InChI is InChI=1S/C15H19F2N3S.2ClH/c1-2-3-18-5-7-21-15-19-4-6-20(15)11-12-8-13(16)10-14(17)9-12;;/h4,6,8-10,18H,2-3,5,7,11H2,1H3;2*1H. The summed E-state index contributed by atoms with van der Waals surface area (Å²) in [5.41, 5.74) is 0.594. The number of imidazole rings is 1. The van der Waals surface area contributed by atoms with Gasteiger partial charge in [0.2, 0.25) is 0 Å². The van der Waals surface area contributed by atoms with E-state index in [1.165, 1.54) is 12.1 Å². The number of nitrogens with zero attached hydrogens (tertiary/aromatic N) is 2. The topological polar surface area (TPSA) is 29.9 Å². The number of hydrogen-bond donors (Lipinski definition) is 1. The van der Waals surface area contributed by atoms with E-state index in [1.807, 2.05) is 10.8 Å². The Labute approximate surface area is 152 Å². The number of halogens is 4. The summed E-state index contributed by atoms with van der Waals surface area (Å²) >= 11 is 1.63. The molecule has 1 aromatic heterocycles. The third-order valence-electron chi connectivity index (χ3n) is 2.89. The SMILES string of the molecule is CCCNCCSc1nccn1Cc1cc(F)cc(F)c1.Cl.Cl. The lowest BCUT2D eigenvalue weighted by Gasteiger charge is -2.08. The molecule has 130 valence electrons. The van der Waals surface area contributed by atoms with Crippen LogP contribution in [0.25, 0.3) is 0 Å². The molecule has 0 saturated heterocycles. The van der Waals surface area contributed by atoms with Gasteiger partial charge in [-0.15, -0.1) is 24.8 Å². The second-order valence-corrected chi connectivity index (χ2v) is 5.78. The second kappa shape index (κ2) is 11.7. The van der Waals surface area contributed by atoms with E-state index in [4.69, 9.17) is 0 Å². The van der Waals surface area contributed by atoms with Crippen molar-refractivity contribution in [3.63, 3.8) is 0 Å². The number of rotatable bonds is 8. The van der Waals surface area contributed by atoms with Gasteiger partial charge in [-0.2, -0.15) is 0 Å². The summed E-state index contributed by atoms with van der Waals surface area (Å²) in [6, 6.07) is 3.58. The van der Waals surface area contributed by atoms with E-state index >= 15 is 0 Å². The minimum absolute atomic E-state index is 0. The zero-order valence-corrected chi connectivity index (χ0v) is 15.2. The van der Waals surface area contributed by atoms with E-state index < -0.39 is 11.6 Å². The van der Waals surface area contributed by atoms with Crippen molar-refractivity contribution >= 4 is 36.6 Å². The maximum Gasteiger partial charge on any atom is 0.168 e. The molecule has 0 amide bonds. The molecule has 0 fully saturated rings. The van der Waals surface area contributed by atoms with Gasteiger partial charge >= 0.3 is 0 Å². The Hall–Kier alpha value is -0.820. The largest absolute Gasteiger partial charge is 0.322 e. The average molecular weight is 384 g/mol. The first-order valence-corrected chi connectivity index (χ1v) is 7.97. The lowest BCUT2D eigenvalue weighted by molar-refractivity contribution is 0.575. The van der Waals surface area contributed by atoms with Crippen LogP contribution < -0.4 is 5.32 Å². The van der Waals surface area contributed by atoms with E-state index in [-0.39, 0.29) is 24.8 Å². The third kappa shape index (κ3) is 7.52. The number of thioether (sulfide) groups is 1. The van der Waals surface area contributed by atoms with Crippen LogP contribution in [0.2, 0.25) is 0 Å². The molecular formula is C15H21Cl2F2N3S. The predicted octanol–water partition coefficient (Wildman–Crippen LogP) is 4.14. The smallest absolute Gasteiger partial charge is 0.168 e. The van der Waals surface area contributed by atoms with Crippen molar-refractivity contribution in [2.24, 2.45) is 0 Å². The van der Waals surface area contributed by atoms with Gasteiger partial charge in [0.1, 0.15) is 11.6 Å². The number of aromatic nitrogens is 2. The van der Waals surface area contributed by atoms with Crippen molar-refractivity contribution in [2.75, 3.05) is 18.8 Å². The fraction of sp³-hybridized carbons (Fsp3) is 0.400. The molecule has 0 spiro atoms. The van der Waals surface area contributed by atoms with Gasteiger partial charge in [-0.05, 0) is 30.7 Å². The Balaban J connectivity index is 0.00000242. The van der Waals surface area contributed by atoms with E-state index in [1.54, 1.807) is 18.0 Å². The van der Waals surface area contributed by atoms with Gasteiger partial charge in [-0.25, -0.2) is 13.8 Å². The van der Waals surface area contributed by atoms with E-state index in [9.17, 15) is 8.78 Å². The summed E-state index contributed by atoms with van der Waals surface area (Å²) < 4.78 is 28.3. The van der Waals surface area contributed by atoms with Crippen LogP contribution in [0.1, 0.15) is 18.9 Å². The predicted molar refractivity (Wildman–Crippen MR) is 96.1 cm³/mol. The van der Waals surface area contributed by atoms with Gasteiger partial charge in [-0.1, -0.05) is 18.7 Å². The monoisotopic (exact) mass is 383 g/mol. The van der Waals surface area contributed by atoms with Crippen LogP contribution >= 0.6 is 36.6 Å². The Morgan fingerprint density at radius 3 is 2.48 bits per heavy atom. The van der Waals surface area contributed by atoms with Crippen molar-refractivity contribution in [1.29, 1.82) is 0 Å². The van der Waals surface area contributed by atoms with Crippen molar-refractivity contribution in [3.8, 4) is 0 Å². The quantitative estimate of drug-likeness (QED) is 0.548. The molecule has 3 nitrogen and oxygen atoms in total. The summed E-state index contributed by atoms with van der Waals surface area (Å²) in [4.78, 5) is 4.29. The van der Waals surface area contributed by atoms with E-state index in [0.717, 1.165) is 36.5 Å². The van der Waals surface area contributed by atoms with Crippen molar-refractivity contribution < 1.29 is 8.78 Å². The summed E-state index contributed by atoms with van der Waals surface area (Å²) in [5.74, 6) is -0.194. The third-order valence-corrected chi connectivity index (χ3v) is 3.90. The van der Waals surface area contributed by atoms with Crippen LogP contribution in [0, 0.1) is 11.6 Å². The highest BCUT2D eigenvalue weighted by Crippen LogP contribution is 2.17. The van der Waals surface area contributed by atoms with Crippen LogP contribution in [0.3, 0.4) is 0 Å².